The minimum atomic E-state index is -0.995. The van der Waals surface area contributed by atoms with Crippen molar-refractivity contribution in [2.75, 3.05) is 92.8 Å². The van der Waals surface area contributed by atoms with Crippen LogP contribution in [0.5, 0.6) is 5.75 Å². The Morgan fingerprint density at radius 2 is 1.66 bits per heavy atom. The van der Waals surface area contributed by atoms with Crippen molar-refractivity contribution in [2.24, 2.45) is 5.92 Å². The molecule has 3 N–H and O–H groups in total. The van der Waals surface area contributed by atoms with Crippen LogP contribution in [0.4, 0.5) is 0 Å². The van der Waals surface area contributed by atoms with Crippen molar-refractivity contribution < 1.29 is 38.0 Å². The summed E-state index contributed by atoms with van der Waals surface area (Å²) < 4.78 is 33.4. The Kier molecular flexibility index (Phi) is 22.6. The molecule has 0 bridgehead atoms. The number of nitriles is 1. The van der Waals surface area contributed by atoms with Gasteiger partial charge in [-0.15, -0.1) is 0 Å². The van der Waals surface area contributed by atoms with E-state index in [9.17, 15) is 14.9 Å². The number of thioether (sulfide) groups is 1. The third-order valence-corrected chi connectivity index (χ3v) is 6.24. The van der Waals surface area contributed by atoms with Gasteiger partial charge in [0.1, 0.15) is 24.4 Å². The molecule has 0 saturated heterocycles. The number of nitrogens with zero attached hydrogens (tertiary/aromatic N) is 1. The molecule has 13 heteroatoms. The zero-order valence-electron chi connectivity index (χ0n) is 26.4. The predicted molar refractivity (Wildman–Crippen MR) is 169 cm³/mol. The van der Waals surface area contributed by atoms with Gasteiger partial charge in [0.15, 0.2) is 4.93 Å². The topological polar surface area (TPSA) is 149 Å². The van der Waals surface area contributed by atoms with Crippen LogP contribution in [0.15, 0.2) is 24.3 Å². The van der Waals surface area contributed by atoms with Crippen LogP contribution >= 0.6 is 11.8 Å². The lowest BCUT2D eigenvalue weighted by atomic mass is 10.2. The first-order valence-electron chi connectivity index (χ1n) is 14.7. The number of ether oxygens (including phenoxy) is 6. The molecule has 0 aliphatic rings. The van der Waals surface area contributed by atoms with Crippen molar-refractivity contribution in [1.82, 2.24) is 16.0 Å². The van der Waals surface area contributed by atoms with E-state index in [1.807, 2.05) is 26.3 Å². The first-order valence-corrected chi connectivity index (χ1v) is 15.5. The van der Waals surface area contributed by atoms with Gasteiger partial charge in [-0.3, -0.25) is 9.59 Å². The molecule has 0 radical (unpaired) electrons. The molecule has 2 amide bonds. The molecule has 12 nitrogen and oxygen atoms in total. The highest BCUT2D eigenvalue weighted by Gasteiger charge is 2.28. The zero-order valence-corrected chi connectivity index (χ0v) is 27.2. The van der Waals surface area contributed by atoms with E-state index in [0.29, 0.717) is 57.5 Å². The molecule has 246 valence electrons. The number of carbonyl (C=O) groups excluding carboxylic acids is 2. The Morgan fingerprint density at radius 3 is 2.36 bits per heavy atom. The average Bonchev–Trinajstić information content (AvgIpc) is 3.00. The van der Waals surface area contributed by atoms with E-state index in [1.54, 1.807) is 31.2 Å². The van der Waals surface area contributed by atoms with E-state index in [-0.39, 0.29) is 50.7 Å². The van der Waals surface area contributed by atoms with Gasteiger partial charge < -0.3 is 44.4 Å². The van der Waals surface area contributed by atoms with Gasteiger partial charge in [0, 0.05) is 24.6 Å². The second-order valence-electron chi connectivity index (χ2n) is 9.85. The molecule has 0 saturated carbocycles. The molecule has 0 spiro atoms. The van der Waals surface area contributed by atoms with Crippen LogP contribution in [0, 0.1) is 28.4 Å². The van der Waals surface area contributed by atoms with Gasteiger partial charge in [0.05, 0.1) is 52.8 Å². The minimum absolute atomic E-state index is 0.0453. The number of rotatable bonds is 25. The average molecular weight is 637 g/mol. The van der Waals surface area contributed by atoms with Crippen molar-refractivity contribution in [3.05, 3.63) is 29.8 Å². The largest absolute Gasteiger partial charge is 0.490 e. The third kappa shape index (κ3) is 20.9. The number of carbonyl (C=O) groups is 2. The summed E-state index contributed by atoms with van der Waals surface area (Å²) >= 11 is 0.913. The SMILES string of the molecule is CNCCCOCCOCCOCCNC(=O)c1cccc(OC[C@@](C)(OCCOCC(=O)NCC#CC(C)C)SC#N)c1. The van der Waals surface area contributed by atoms with Crippen molar-refractivity contribution >= 4 is 23.6 Å². The fraction of sp³-hybridized carbons (Fsp3) is 0.645. The fourth-order valence-corrected chi connectivity index (χ4v) is 3.75. The van der Waals surface area contributed by atoms with Gasteiger partial charge in [-0.2, -0.15) is 5.26 Å². The van der Waals surface area contributed by atoms with E-state index in [0.717, 1.165) is 24.7 Å². The van der Waals surface area contributed by atoms with E-state index in [4.69, 9.17) is 28.4 Å². The van der Waals surface area contributed by atoms with Gasteiger partial charge in [-0.1, -0.05) is 31.8 Å². The molecule has 1 aromatic rings. The molecule has 1 atom stereocenters. The van der Waals surface area contributed by atoms with Gasteiger partial charge in [0.25, 0.3) is 5.91 Å². The van der Waals surface area contributed by atoms with E-state index in [2.05, 4.69) is 27.8 Å². The third-order valence-electron chi connectivity index (χ3n) is 5.48. The predicted octanol–water partition coefficient (Wildman–Crippen LogP) is 2.19. The summed E-state index contributed by atoms with van der Waals surface area (Å²) in [6.45, 7) is 10.5. The first kappa shape index (κ1) is 39.1. The second kappa shape index (κ2) is 25.4. The minimum Gasteiger partial charge on any atom is -0.490 e. The number of amides is 2. The highest BCUT2D eigenvalue weighted by Crippen LogP contribution is 2.27. The van der Waals surface area contributed by atoms with Gasteiger partial charge in [-0.25, -0.2) is 0 Å². The number of thiocyanates is 1. The monoisotopic (exact) mass is 636 g/mol. The Balaban J connectivity index is 2.28. The quantitative estimate of drug-likeness (QED) is 0.0628. The summed E-state index contributed by atoms with van der Waals surface area (Å²) in [4.78, 5) is 23.4. The Bertz CT molecular complexity index is 1040. The Morgan fingerprint density at radius 1 is 0.955 bits per heavy atom. The smallest absolute Gasteiger partial charge is 0.251 e. The van der Waals surface area contributed by atoms with Crippen molar-refractivity contribution in [3.8, 4) is 23.0 Å². The van der Waals surface area contributed by atoms with Crippen LogP contribution in [0.1, 0.15) is 37.6 Å². The molecule has 0 aliphatic carbocycles. The van der Waals surface area contributed by atoms with Crippen LogP contribution in [0.25, 0.3) is 0 Å². The van der Waals surface area contributed by atoms with E-state index >= 15 is 0 Å². The van der Waals surface area contributed by atoms with E-state index in [1.165, 1.54) is 0 Å². The van der Waals surface area contributed by atoms with Crippen LogP contribution in [-0.2, 0) is 28.5 Å². The molecule has 0 fully saturated rings. The van der Waals surface area contributed by atoms with Gasteiger partial charge >= 0.3 is 0 Å². The van der Waals surface area contributed by atoms with Crippen LogP contribution < -0.4 is 20.7 Å². The maximum Gasteiger partial charge on any atom is 0.251 e. The lowest BCUT2D eigenvalue weighted by Crippen LogP contribution is -2.34. The lowest BCUT2D eigenvalue weighted by molar-refractivity contribution is -0.126. The molecular weight excluding hydrogens is 588 g/mol. The second-order valence-corrected chi connectivity index (χ2v) is 11.1. The zero-order chi connectivity index (χ0) is 32.3. The first-order chi connectivity index (χ1) is 21.3. The standard InChI is InChI=1S/C31H48N4O8S/c1-26(2)8-6-12-34-29(36)23-41-20-21-43-31(3,44-25-32)24-42-28-10-5-9-27(22-28)30(37)35-13-15-39-17-19-40-18-16-38-14-7-11-33-4/h5,9-10,22,26,33H,7,11-21,23-24H2,1-4H3,(H,34,36)(H,35,37)/t31-/m0/s1. The van der Waals surface area contributed by atoms with E-state index < -0.39 is 4.93 Å². The summed E-state index contributed by atoms with van der Waals surface area (Å²) in [5, 5.41) is 19.8. The summed E-state index contributed by atoms with van der Waals surface area (Å²) in [5.41, 5.74) is 0.429. The number of hydrogen-bond donors (Lipinski definition) is 3. The molecule has 44 heavy (non-hydrogen) atoms. The molecular formula is C31H48N4O8S. The molecule has 1 rings (SSSR count). The highest BCUT2D eigenvalue weighted by molar-refractivity contribution is 8.04. The summed E-state index contributed by atoms with van der Waals surface area (Å²) in [6, 6.07) is 6.74. The summed E-state index contributed by atoms with van der Waals surface area (Å²) in [5.74, 6) is 6.01. The molecule has 0 unspecified atom stereocenters. The Hall–Kier alpha value is -2.88. The summed E-state index contributed by atoms with van der Waals surface area (Å²) in [7, 11) is 1.91. The molecule has 0 heterocycles. The molecule has 0 aromatic heterocycles. The lowest BCUT2D eigenvalue weighted by Gasteiger charge is -2.26. The van der Waals surface area contributed by atoms with Gasteiger partial charge in [0.2, 0.25) is 5.91 Å². The van der Waals surface area contributed by atoms with Gasteiger partial charge in [-0.05, 0) is 56.9 Å². The maximum absolute atomic E-state index is 12.6. The fourth-order valence-electron chi connectivity index (χ4n) is 3.30. The van der Waals surface area contributed by atoms with Crippen LogP contribution in [-0.4, -0.2) is 109 Å². The number of benzene rings is 1. The Labute approximate surface area is 266 Å². The molecule has 1 aromatic carbocycles. The van der Waals surface area contributed by atoms with Crippen LogP contribution in [0.2, 0.25) is 0 Å². The maximum atomic E-state index is 12.6. The van der Waals surface area contributed by atoms with Crippen molar-refractivity contribution in [2.45, 2.75) is 32.1 Å². The summed E-state index contributed by atoms with van der Waals surface area (Å²) in [6.07, 6.45) is 0.968. The van der Waals surface area contributed by atoms with Crippen molar-refractivity contribution in [1.29, 1.82) is 5.26 Å². The number of hydrogen-bond acceptors (Lipinski definition) is 11. The van der Waals surface area contributed by atoms with Crippen LogP contribution in [0.3, 0.4) is 0 Å². The van der Waals surface area contributed by atoms with Crippen molar-refractivity contribution in [3.63, 3.8) is 0 Å². The normalized spacial score (nSPS) is 12.1. The highest BCUT2D eigenvalue weighted by atomic mass is 32.2. The number of nitrogens with one attached hydrogen (secondary N) is 3. The molecule has 0 aliphatic heterocycles.